The van der Waals surface area contributed by atoms with Crippen LogP contribution in [-0.4, -0.2) is 22.9 Å². The maximum absolute atomic E-state index is 14.5. The Hall–Kier alpha value is -2.20. The number of benzene rings is 3. The van der Waals surface area contributed by atoms with Crippen molar-refractivity contribution in [2.24, 2.45) is 0 Å². The van der Waals surface area contributed by atoms with Gasteiger partial charge < -0.3 is 0 Å². The molecule has 0 aliphatic carbocycles. The van der Waals surface area contributed by atoms with Crippen molar-refractivity contribution in [2.45, 2.75) is 33.1 Å². The average Bonchev–Trinajstić information content (AvgIpc) is 3.09. The summed E-state index contributed by atoms with van der Waals surface area (Å²) in [4.78, 5) is 4.80. The molecule has 29 heavy (non-hydrogen) atoms. The topological polar surface area (TPSA) is 6.48 Å². The molecule has 0 unspecified atom stereocenters. The molecule has 1 aliphatic rings. The minimum Gasteiger partial charge on any atom is -0.278 e. The predicted octanol–water partition coefficient (Wildman–Crippen LogP) is 6.11. The highest BCUT2D eigenvalue weighted by Crippen LogP contribution is 2.34. The lowest BCUT2D eigenvalue weighted by Crippen LogP contribution is -2.31. The van der Waals surface area contributed by atoms with Crippen LogP contribution in [0.25, 0.3) is 0 Å². The maximum atomic E-state index is 14.5. The maximum Gasteiger partial charge on any atom is 0.129 e. The predicted molar refractivity (Wildman–Crippen MR) is 117 cm³/mol. The van der Waals surface area contributed by atoms with E-state index in [1.54, 1.807) is 12.1 Å². The van der Waals surface area contributed by atoms with Crippen molar-refractivity contribution in [1.82, 2.24) is 9.80 Å². The van der Waals surface area contributed by atoms with Gasteiger partial charge in [0.15, 0.2) is 0 Å². The Bertz CT molecular complexity index is 966. The smallest absolute Gasteiger partial charge is 0.129 e. The van der Waals surface area contributed by atoms with Gasteiger partial charge in [0.1, 0.15) is 5.82 Å². The van der Waals surface area contributed by atoms with E-state index in [0.717, 1.165) is 19.6 Å². The molecular formula is C25H26ClFN2. The molecule has 0 amide bonds. The summed E-state index contributed by atoms with van der Waals surface area (Å²) in [5.74, 6) is -0.238. The van der Waals surface area contributed by atoms with Gasteiger partial charge in [-0.15, -0.1) is 0 Å². The van der Waals surface area contributed by atoms with Crippen molar-refractivity contribution in [1.29, 1.82) is 0 Å². The van der Waals surface area contributed by atoms with Gasteiger partial charge in [0.25, 0.3) is 0 Å². The summed E-state index contributed by atoms with van der Waals surface area (Å²) in [7, 11) is 0. The van der Waals surface area contributed by atoms with Gasteiger partial charge in [-0.05, 0) is 42.7 Å². The number of halogens is 2. The molecule has 4 rings (SSSR count). The first-order valence-corrected chi connectivity index (χ1v) is 10.4. The number of hydrogen-bond donors (Lipinski definition) is 0. The zero-order chi connectivity index (χ0) is 20.4. The number of nitrogens with zero attached hydrogens (tertiary/aromatic N) is 2. The third-order valence-corrected chi connectivity index (χ3v) is 6.15. The summed E-state index contributed by atoms with van der Waals surface area (Å²) >= 11 is 6.33. The Morgan fingerprint density at radius 2 is 1.55 bits per heavy atom. The number of aryl methyl sites for hydroxylation is 2. The van der Waals surface area contributed by atoms with Crippen molar-refractivity contribution in [3.8, 4) is 0 Å². The molecule has 150 valence electrons. The van der Waals surface area contributed by atoms with Gasteiger partial charge in [-0.2, -0.15) is 0 Å². The minimum atomic E-state index is -0.238. The first kappa shape index (κ1) is 20.1. The Kier molecular flexibility index (Phi) is 6.00. The van der Waals surface area contributed by atoms with Crippen LogP contribution in [0.15, 0.2) is 66.7 Å². The normalized spacial score (nSPS) is 17.7. The van der Waals surface area contributed by atoms with E-state index in [-0.39, 0.29) is 12.0 Å². The Labute approximate surface area is 177 Å². The molecule has 1 atom stereocenters. The van der Waals surface area contributed by atoms with Gasteiger partial charge in [-0.3, -0.25) is 9.80 Å². The van der Waals surface area contributed by atoms with E-state index in [1.807, 2.05) is 0 Å². The van der Waals surface area contributed by atoms with Crippen molar-refractivity contribution in [3.05, 3.63) is 105 Å². The lowest BCUT2D eigenvalue weighted by molar-refractivity contribution is 0.124. The third-order valence-electron chi connectivity index (χ3n) is 5.80. The van der Waals surface area contributed by atoms with Gasteiger partial charge in [0.2, 0.25) is 0 Å². The second-order valence-electron chi connectivity index (χ2n) is 7.85. The molecule has 0 N–H and O–H groups in total. The van der Waals surface area contributed by atoms with Crippen molar-refractivity contribution >= 4 is 11.6 Å². The fraction of sp³-hybridized carbons (Fsp3) is 0.280. The van der Waals surface area contributed by atoms with Crippen LogP contribution in [-0.2, 0) is 13.1 Å². The molecule has 1 saturated heterocycles. The van der Waals surface area contributed by atoms with Crippen molar-refractivity contribution in [2.75, 3.05) is 13.1 Å². The van der Waals surface area contributed by atoms with Crippen LogP contribution < -0.4 is 0 Å². The molecule has 0 aromatic heterocycles. The van der Waals surface area contributed by atoms with E-state index < -0.39 is 0 Å². The molecule has 4 heteroatoms. The highest BCUT2D eigenvalue weighted by molar-refractivity contribution is 6.31. The van der Waals surface area contributed by atoms with Gasteiger partial charge in [0.05, 0.1) is 6.17 Å². The van der Waals surface area contributed by atoms with E-state index in [1.165, 1.54) is 28.3 Å². The van der Waals surface area contributed by atoms with Gasteiger partial charge in [-0.25, -0.2) is 4.39 Å². The van der Waals surface area contributed by atoms with E-state index >= 15 is 0 Å². The third kappa shape index (κ3) is 4.37. The minimum absolute atomic E-state index is 0.0888. The molecule has 3 aromatic carbocycles. The summed E-state index contributed by atoms with van der Waals surface area (Å²) in [5.41, 5.74) is 5.67. The zero-order valence-corrected chi connectivity index (χ0v) is 17.7. The van der Waals surface area contributed by atoms with E-state index in [9.17, 15) is 4.39 Å². The average molecular weight is 409 g/mol. The summed E-state index contributed by atoms with van der Waals surface area (Å²) in [6.07, 6.45) is 0.0888. The van der Waals surface area contributed by atoms with E-state index in [2.05, 4.69) is 72.2 Å². The van der Waals surface area contributed by atoms with Gasteiger partial charge >= 0.3 is 0 Å². The summed E-state index contributed by atoms with van der Waals surface area (Å²) < 4.78 is 14.5. The van der Waals surface area contributed by atoms with Crippen LogP contribution >= 0.6 is 11.6 Å². The molecule has 1 aliphatic heterocycles. The van der Waals surface area contributed by atoms with E-state index in [4.69, 9.17) is 11.6 Å². The van der Waals surface area contributed by atoms with Crippen molar-refractivity contribution in [3.63, 3.8) is 0 Å². The molecule has 0 spiro atoms. The lowest BCUT2D eigenvalue weighted by atomic mass is 10.1. The lowest BCUT2D eigenvalue weighted by Gasteiger charge is -2.31. The number of rotatable bonds is 5. The quantitative estimate of drug-likeness (QED) is 0.502. The number of hydrogen-bond acceptors (Lipinski definition) is 2. The Morgan fingerprint density at radius 1 is 0.862 bits per heavy atom. The van der Waals surface area contributed by atoms with Crippen LogP contribution in [0.2, 0.25) is 5.02 Å². The summed E-state index contributed by atoms with van der Waals surface area (Å²) in [6, 6.07) is 22.1. The fourth-order valence-electron chi connectivity index (χ4n) is 4.12. The van der Waals surface area contributed by atoms with Gasteiger partial charge in [-0.1, -0.05) is 71.8 Å². The molecule has 1 heterocycles. The Balaban J connectivity index is 1.66. The molecule has 2 nitrogen and oxygen atoms in total. The SMILES string of the molecule is Cc1ccc([C@@H]2N(Cc3ccccc3C)CCN2Cc2c(F)cccc2Cl)cc1. The standard InChI is InChI=1S/C25H26ClFN2/c1-18-10-12-20(13-11-18)25-28(16-21-7-4-3-6-19(21)2)14-15-29(25)17-22-23(26)8-5-9-24(22)27/h3-13,25H,14-17H2,1-2H3/t25-/m1/s1. The van der Waals surface area contributed by atoms with Crippen molar-refractivity contribution < 1.29 is 4.39 Å². The van der Waals surface area contributed by atoms with Crippen LogP contribution in [0.5, 0.6) is 0 Å². The molecule has 3 aromatic rings. The van der Waals surface area contributed by atoms with E-state index in [0.29, 0.717) is 17.1 Å². The highest BCUT2D eigenvalue weighted by atomic mass is 35.5. The second kappa shape index (κ2) is 8.66. The molecular weight excluding hydrogens is 383 g/mol. The molecule has 0 saturated carbocycles. The van der Waals surface area contributed by atoms with Crippen LogP contribution in [0.3, 0.4) is 0 Å². The first-order chi connectivity index (χ1) is 14.0. The fourth-order valence-corrected chi connectivity index (χ4v) is 4.34. The zero-order valence-electron chi connectivity index (χ0n) is 16.9. The highest BCUT2D eigenvalue weighted by Gasteiger charge is 2.34. The largest absolute Gasteiger partial charge is 0.278 e. The summed E-state index contributed by atoms with van der Waals surface area (Å²) in [6.45, 7) is 7.42. The van der Waals surface area contributed by atoms with Crippen LogP contribution in [0.4, 0.5) is 4.39 Å². The molecule has 0 radical (unpaired) electrons. The summed E-state index contributed by atoms with van der Waals surface area (Å²) in [5, 5.41) is 0.491. The second-order valence-corrected chi connectivity index (χ2v) is 8.26. The monoisotopic (exact) mass is 408 g/mol. The van der Waals surface area contributed by atoms with Gasteiger partial charge in [0, 0.05) is 36.8 Å². The van der Waals surface area contributed by atoms with Crippen LogP contribution in [0, 0.1) is 19.7 Å². The first-order valence-electron chi connectivity index (χ1n) is 10.0. The Morgan fingerprint density at radius 3 is 2.24 bits per heavy atom. The molecule has 0 bridgehead atoms. The van der Waals surface area contributed by atoms with Crippen LogP contribution in [0.1, 0.15) is 34.0 Å². The molecule has 1 fully saturated rings.